The first-order valence-electron chi connectivity index (χ1n) is 7.16. The van der Waals surface area contributed by atoms with Crippen LogP contribution in [0.5, 0.6) is 0 Å². The van der Waals surface area contributed by atoms with Crippen molar-refractivity contribution in [2.75, 3.05) is 13.1 Å². The molecule has 22 heavy (non-hydrogen) atoms. The molecule has 1 aromatic carbocycles. The molecule has 6 heteroatoms. The van der Waals surface area contributed by atoms with E-state index in [-0.39, 0.29) is 12.1 Å². The number of aliphatic imine (C=N–C) groups is 1. The zero-order valence-electron chi connectivity index (χ0n) is 12.4. The zero-order valence-corrected chi connectivity index (χ0v) is 13.2. The molecule has 0 fully saturated rings. The number of rotatable bonds is 6. The van der Waals surface area contributed by atoms with Crippen LogP contribution in [-0.4, -0.2) is 24.2 Å². The number of benzene rings is 1. The van der Waals surface area contributed by atoms with E-state index in [1.54, 1.807) is 29.5 Å². The van der Waals surface area contributed by atoms with Gasteiger partial charge >= 0.3 is 0 Å². The van der Waals surface area contributed by atoms with Gasteiger partial charge in [-0.3, -0.25) is 0 Å². The van der Waals surface area contributed by atoms with E-state index in [1.807, 2.05) is 23.8 Å². The van der Waals surface area contributed by atoms with Crippen LogP contribution in [0.1, 0.15) is 24.2 Å². The van der Waals surface area contributed by atoms with Crippen molar-refractivity contribution in [1.82, 2.24) is 10.6 Å². The van der Waals surface area contributed by atoms with Crippen LogP contribution in [-0.2, 0) is 6.54 Å². The maximum Gasteiger partial charge on any atom is 0.191 e. The van der Waals surface area contributed by atoms with E-state index in [4.69, 9.17) is 0 Å². The summed E-state index contributed by atoms with van der Waals surface area (Å²) in [5.41, 5.74) is 1.42. The van der Waals surface area contributed by atoms with E-state index < -0.39 is 11.9 Å². The second-order valence-electron chi connectivity index (χ2n) is 4.74. The molecule has 1 unspecified atom stereocenters. The lowest BCUT2D eigenvalue weighted by Crippen LogP contribution is -2.39. The molecule has 0 radical (unpaired) electrons. The Morgan fingerprint density at radius 1 is 1.32 bits per heavy atom. The van der Waals surface area contributed by atoms with E-state index in [0.29, 0.717) is 19.0 Å². The van der Waals surface area contributed by atoms with E-state index in [0.717, 1.165) is 5.56 Å². The molecule has 0 amide bonds. The van der Waals surface area contributed by atoms with E-state index in [9.17, 15) is 9.50 Å². The number of nitrogens with zero attached hydrogens (tertiary/aromatic N) is 1. The molecule has 1 aromatic heterocycles. The van der Waals surface area contributed by atoms with Crippen molar-refractivity contribution in [1.29, 1.82) is 0 Å². The van der Waals surface area contributed by atoms with Crippen molar-refractivity contribution in [2.45, 2.75) is 19.6 Å². The molecule has 0 saturated heterocycles. The first-order valence-corrected chi connectivity index (χ1v) is 8.10. The van der Waals surface area contributed by atoms with Gasteiger partial charge in [0.25, 0.3) is 0 Å². The van der Waals surface area contributed by atoms with Gasteiger partial charge in [0, 0.05) is 18.7 Å². The lowest BCUT2D eigenvalue weighted by atomic mass is 10.1. The lowest BCUT2D eigenvalue weighted by molar-refractivity contribution is 0.176. The number of aliphatic hydroxyl groups excluding tert-OH is 1. The maximum atomic E-state index is 13.6. The van der Waals surface area contributed by atoms with Crippen LogP contribution in [0.15, 0.2) is 46.1 Å². The molecule has 3 N–H and O–H groups in total. The Morgan fingerprint density at radius 2 is 2.14 bits per heavy atom. The number of aliphatic hydroxyl groups is 1. The van der Waals surface area contributed by atoms with Gasteiger partial charge in [-0.05, 0) is 35.4 Å². The summed E-state index contributed by atoms with van der Waals surface area (Å²) in [5, 5.41) is 20.3. The fraction of sp³-hybridized carbons (Fsp3) is 0.312. The Balaban J connectivity index is 1.93. The van der Waals surface area contributed by atoms with Gasteiger partial charge in [0.2, 0.25) is 0 Å². The first-order chi connectivity index (χ1) is 10.7. The van der Waals surface area contributed by atoms with Crippen LogP contribution < -0.4 is 10.6 Å². The topological polar surface area (TPSA) is 56.7 Å². The number of hydrogen-bond donors (Lipinski definition) is 3. The number of thiophene rings is 1. The highest BCUT2D eigenvalue weighted by molar-refractivity contribution is 7.07. The Kier molecular flexibility index (Phi) is 6.36. The summed E-state index contributed by atoms with van der Waals surface area (Å²) in [6.45, 7) is 3.44. The summed E-state index contributed by atoms with van der Waals surface area (Å²) in [5.74, 6) is 0.195. The Hall–Kier alpha value is -1.92. The van der Waals surface area contributed by atoms with Gasteiger partial charge < -0.3 is 15.7 Å². The predicted molar refractivity (Wildman–Crippen MR) is 88.5 cm³/mol. The van der Waals surface area contributed by atoms with Gasteiger partial charge in [-0.2, -0.15) is 11.3 Å². The van der Waals surface area contributed by atoms with E-state index in [1.165, 1.54) is 6.07 Å². The van der Waals surface area contributed by atoms with Gasteiger partial charge in [-0.15, -0.1) is 0 Å². The molecular weight excluding hydrogens is 301 g/mol. The zero-order chi connectivity index (χ0) is 15.8. The molecule has 0 spiro atoms. The van der Waals surface area contributed by atoms with Crippen LogP contribution in [0.2, 0.25) is 0 Å². The van der Waals surface area contributed by atoms with Crippen LogP contribution in [0.3, 0.4) is 0 Å². The molecule has 0 saturated carbocycles. The van der Waals surface area contributed by atoms with Gasteiger partial charge in [0.15, 0.2) is 5.96 Å². The van der Waals surface area contributed by atoms with Crippen molar-refractivity contribution >= 4 is 17.3 Å². The van der Waals surface area contributed by atoms with E-state index in [2.05, 4.69) is 15.6 Å². The van der Waals surface area contributed by atoms with E-state index >= 15 is 0 Å². The minimum absolute atomic E-state index is 0.191. The van der Waals surface area contributed by atoms with Crippen molar-refractivity contribution in [3.63, 3.8) is 0 Å². The van der Waals surface area contributed by atoms with Crippen LogP contribution in [0, 0.1) is 5.82 Å². The summed E-state index contributed by atoms with van der Waals surface area (Å²) in [6.07, 6.45) is -0.925. The second kappa shape index (κ2) is 8.51. The summed E-state index contributed by atoms with van der Waals surface area (Å²) in [6, 6.07) is 8.25. The van der Waals surface area contributed by atoms with Crippen LogP contribution in [0.25, 0.3) is 0 Å². The van der Waals surface area contributed by atoms with Gasteiger partial charge in [0.1, 0.15) is 5.82 Å². The minimum atomic E-state index is -0.925. The minimum Gasteiger partial charge on any atom is -0.386 e. The fourth-order valence-corrected chi connectivity index (χ4v) is 2.60. The third-order valence-corrected chi connectivity index (χ3v) is 3.80. The Morgan fingerprint density at radius 3 is 2.82 bits per heavy atom. The van der Waals surface area contributed by atoms with Crippen molar-refractivity contribution in [2.24, 2.45) is 4.99 Å². The molecule has 2 aromatic rings. The van der Waals surface area contributed by atoms with Crippen LogP contribution in [0.4, 0.5) is 4.39 Å². The SMILES string of the molecule is CCNC(=NCc1ccsc1)NCC(O)c1ccccc1F. The Labute approximate surface area is 133 Å². The quantitative estimate of drug-likeness (QED) is 0.566. The molecule has 0 aliphatic carbocycles. The molecule has 118 valence electrons. The average Bonchev–Trinajstić information content (AvgIpc) is 3.03. The molecule has 2 rings (SSSR count). The predicted octanol–water partition coefficient (Wildman–Crippen LogP) is 2.68. The summed E-state index contributed by atoms with van der Waals surface area (Å²) < 4.78 is 13.6. The fourth-order valence-electron chi connectivity index (χ4n) is 1.94. The largest absolute Gasteiger partial charge is 0.386 e. The second-order valence-corrected chi connectivity index (χ2v) is 5.53. The van der Waals surface area contributed by atoms with Gasteiger partial charge in [0.05, 0.1) is 12.6 Å². The first kappa shape index (κ1) is 16.5. The molecule has 4 nitrogen and oxygen atoms in total. The Bertz CT molecular complexity index is 601. The third-order valence-electron chi connectivity index (χ3n) is 3.07. The van der Waals surface area contributed by atoms with Crippen LogP contribution >= 0.6 is 11.3 Å². The average molecular weight is 321 g/mol. The molecule has 1 atom stereocenters. The summed E-state index contributed by atoms with van der Waals surface area (Å²) >= 11 is 1.63. The maximum absolute atomic E-state index is 13.6. The summed E-state index contributed by atoms with van der Waals surface area (Å²) in [4.78, 5) is 4.44. The molecule has 0 bridgehead atoms. The number of guanidine groups is 1. The van der Waals surface area contributed by atoms with Crippen molar-refractivity contribution < 1.29 is 9.50 Å². The molecule has 0 aliphatic rings. The highest BCUT2D eigenvalue weighted by Gasteiger charge is 2.12. The van der Waals surface area contributed by atoms with Gasteiger partial charge in [-0.25, -0.2) is 9.38 Å². The number of hydrogen-bond acceptors (Lipinski definition) is 3. The standard InChI is InChI=1S/C16H20FN3OS/c1-2-18-16(19-9-12-7-8-22-11-12)20-10-15(21)13-5-3-4-6-14(13)17/h3-8,11,15,21H,2,9-10H2,1H3,(H2,18,19,20). The number of halogens is 1. The highest BCUT2D eigenvalue weighted by atomic mass is 32.1. The third kappa shape index (κ3) is 4.82. The normalized spacial score (nSPS) is 13.0. The monoisotopic (exact) mass is 321 g/mol. The summed E-state index contributed by atoms with van der Waals surface area (Å²) in [7, 11) is 0. The van der Waals surface area contributed by atoms with Crippen molar-refractivity contribution in [3.8, 4) is 0 Å². The lowest BCUT2D eigenvalue weighted by Gasteiger charge is -2.16. The highest BCUT2D eigenvalue weighted by Crippen LogP contribution is 2.15. The smallest absolute Gasteiger partial charge is 0.191 e. The molecular formula is C16H20FN3OS. The number of nitrogens with one attached hydrogen (secondary N) is 2. The molecule has 1 heterocycles. The van der Waals surface area contributed by atoms with Crippen molar-refractivity contribution in [3.05, 3.63) is 58.0 Å². The van der Waals surface area contributed by atoms with Gasteiger partial charge in [-0.1, -0.05) is 18.2 Å². The molecule has 0 aliphatic heterocycles.